The van der Waals surface area contributed by atoms with Gasteiger partial charge in [0.1, 0.15) is 0 Å². The van der Waals surface area contributed by atoms with Gasteiger partial charge in [-0.2, -0.15) is 0 Å². The van der Waals surface area contributed by atoms with Gasteiger partial charge in [-0.05, 0) is 42.3 Å². The predicted octanol–water partition coefficient (Wildman–Crippen LogP) is 3.31. The largest absolute Gasteiger partial charge is 0.352 e. The lowest BCUT2D eigenvalue weighted by molar-refractivity contribution is -0.121. The van der Waals surface area contributed by atoms with E-state index in [1.165, 1.54) is 12.1 Å². The third kappa shape index (κ3) is 7.44. The molecule has 1 atom stereocenters. The zero-order valence-corrected chi connectivity index (χ0v) is 18.5. The summed E-state index contributed by atoms with van der Waals surface area (Å²) in [5.74, 6) is -0.424. The van der Waals surface area contributed by atoms with Crippen LogP contribution in [0.15, 0.2) is 53.4 Å². The van der Waals surface area contributed by atoms with E-state index in [1.54, 1.807) is 30.3 Å². The van der Waals surface area contributed by atoms with Crippen LogP contribution in [0.1, 0.15) is 32.3 Å². The number of carbonyl (C=O) groups is 2. The lowest BCUT2D eigenvalue weighted by atomic mass is 10.1. The maximum Gasteiger partial charge on any atom is 0.240 e. The van der Waals surface area contributed by atoms with Gasteiger partial charge in [-0.1, -0.05) is 43.6 Å². The minimum atomic E-state index is -3.73. The molecule has 0 fully saturated rings. The minimum absolute atomic E-state index is 0.00969. The van der Waals surface area contributed by atoms with E-state index in [4.69, 9.17) is 11.6 Å². The molecule has 0 bridgehead atoms. The number of anilines is 1. The van der Waals surface area contributed by atoms with Gasteiger partial charge < -0.3 is 10.6 Å². The van der Waals surface area contributed by atoms with E-state index in [2.05, 4.69) is 15.4 Å². The van der Waals surface area contributed by atoms with Gasteiger partial charge >= 0.3 is 0 Å². The fraction of sp³-hybridized carbons (Fsp3) is 0.333. The number of carbonyl (C=O) groups excluding carboxylic acids is 2. The molecule has 0 saturated carbocycles. The summed E-state index contributed by atoms with van der Waals surface area (Å²) in [5.41, 5.74) is 1.49. The fourth-order valence-corrected chi connectivity index (χ4v) is 3.85. The summed E-state index contributed by atoms with van der Waals surface area (Å²) in [4.78, 5) is 24.1. The van der Waals surface area contributed by atoms with Gasteiger partial charge in [0.05, 0.1) is 4.90 Å². The zero-order chi connectivity index (χ0) is 22.1. The Kier molecular flexibility index (Phi) is 8.83. The smallest absolute Gasteiger partial charge is 0.240 e. The number of hydrogen-bond acceptors (Lipinski definition) is 4. The normalized spacial score (nSPS) is 12.2. The number of rotatable bonds is 10. The van der Waals surface area contributed by atoms with Crippen LogP contribution in [0.3, 0.4) is 0 Å². The molecule has 0 radical (unpaired) electrons. The number of hydrogen-bond donors (Lipinski definition) is 3. The van der Waals surface area contributed by atoms with E-state index in [-0.39, 0.29) is 42.1 Å². The quantitative estimate of drug-likeness (QED) is 0.515. The monoisotopic (exact) mass is 451 g/mol. The first kappa shape index (κ1) is 23.9. The van der Waals surface area contributed by atoms with Crippen LogP contribution >= 0.6 is 11.6 Å². The lowest BCUT2D eigenvalue weighted by Gasteiger charge is -2.12. The average molecular weight is 452 g/mol. The van der Waals surface area contributed by atoms with Crippen molar-refractivity contribution < 1.29 is 18.0 Å². The maximum atomic E-state index is 12.2. The summed E-state index contributed by atoms with van der Waals surface area (Å²) in [5, 5.41) is 5.91. The molecule has 0 heterocycles. The van der Waals surface area contributed by atoms with E-state index >= 15 is 0 Å². The Bertz CT molecular complexity index is 995. The summed E-state index contributed by atoms with van der Waals surface area (Å²) in [6.45, 7) is 4.05. The van der Waals surface area contributed by atoms with E-state index in [0.29, 0.717) is 10.7 Å². The second-order valence-electron chi connectivity index (χ2n) is 6.88. The van der Waals surface area contributed by atoms with Gasteiger partial charge in [-0.15, -0.1) is 0 Å². The molecule has 2 rings (SSSR count). The third-order valence-corrected chi connectivity index (χ3v) is 6.19. The van der Waals surface area contributed by atoms with Gasteiger partial charge in [0.25, 0.3) is 0 Å². The van der Waals surface area contributed by atoms with Gasteiger partial charge in [0.15, 0.2) is 0 Å². The molecular formula is C21H26ClN3O4S. The van der Waals surface area contributed by atoms with Crippen LogP contribution in [-0.2, 0) is 26.2 Å². The van der Waals surface area contributed by atoms with Crippen molar-refractivity contribution in [2.24, 2.45) is 5.92 Å². The number of nitrogens with one attached hydrogen (secondary N) is 3. The van der Waals surface area contributed by atoms with Crippen molar-refractivity contribution in [3.05, 3.63) is 59.1 Å². The first-order valence-corrected chi connectivity index (χ1v) is 11.5. The third-order valence-electron chi connectivity index (χ3n) is 4.49. The second kappa shape index (κ2) is 11.1. The van der Waals surface area contributed by atoms with Crippen molar-refractivity contribution in [1.29, 1.82) is 0 Å². The molecule has 0 aliphatic rings. The molecule has 3 N–H and O–H groups in total. The van der Waals surface area contributed by atoms with Crippen LogP contribution in [0.4, 0.5) is 5.69 Å². The van der Waals surface area contributed by atoms with E-state index < -0.39 is 10.0 Å². The Hall–Kier alpha value is -2.42. The molecule has 0 aromatic heterocycles. The molecule has 30 heavy (non-hydrogen) atoms. The van der Waals surface area contributed by atoms with Crippen molar-refractivity contribution in [3.8, 4) is 0 Å². The van der Waals surface area contributed by atoms with Crippen molar-refractivity contribution in [3.63, 3.8) is 0 Å². The molecule has 2 aromatic rings. The molecular weight excluding hydrogens is 426 g/mol. The highest BCUT2D eigenvalue weighted by atomic mass is 35.5. The van der Waals surface area contributed by atoms with E-state index in [1.807, 2.05) is 19.9 Å². The SMILES string of the molecule is CCC(C)C(=O)Nc1cccc(CNC(=O)CCNS(=O)(=O)c2cccc(Cl)c2)c1. The van der Waals surface area contributed by atoms with E-state index in [9.17, 15) is 18.0 Å². The summed E-state index contributed by atoms with van der Waals surface area (Å²) < 4.78 is 26.8. The summed E-state index contributed by atoms with van der Waals surface area (Å²) in [7, 11) is -3.73. The number of sulfonamides is 1. The highest BCUT2D eigenvalue weighted by Crippen LogP contribution is 2.15. The van der Waals surface area contributed by atoms with Gasteiger partial charge in [-0.3, -0.25) is 9.59 Å². The van der Waals surface area contributed by atoms with Gasteiger partial charge in [0.2, 0.25) is 21.8 Å². The predicted molar refractivity (Wildman–Crippen MR) is 118 cm³/mol. The Morgan fingerprint density at radius 3 is 2.53 bits per heavy atom. The number of amides is 2. The van der Waals surface area contributed by atoms with Gasteiger partial charge in [0, 0.05) is 36.1 Å². The molecule has 0 saturated heterocycles. The highest BCUT2D eigenvalue weighted by molar-refractivity contribution is 7.89. The van der Waals surface area contributed by atoms with Crippen LogP contribution < -0.4 is 15.4 Å². The zero-order valence-electron chi connectivity index (χ0n) is 16.9. The standard InChI is InChI=1S/C21H26ClN3O4S/c1-3-15(2)21(27)25-18-8-4-6-16(12-18)14-23-20(26)10-11-24-30(28,29)19-9-5-7-17(22)13-19/h4-9,12-13,15,24H,3,10-11,14H2,1-2H3,(H,23,26)(H,25,27). The van der Waals surface area contributed by atoms with Crippen LogP contribution in [0.5, 0.6) is 0 Å². The molecule has 1 unspecified atom stereocenters. The molecule has 7 nitrogen and oxygen atoms in total. The van der Waals surface area contributed by atoms with Crippen molar-refractivity contribution in [1.82, 2.24) is 10.0 Å². The van der Waals surface area contributed by atoms with Crippen LogP contribution in [0.2, 0.25) is 5.02 Å². The Morgan fingerprint density at radius 2 is 1.83 bits per heavy atom. The molecule has 0 spiro atoms. The first-order chi connectivity index (χ1) is 14.2. The Balaban J connectivity index is 1.81. The van der Waals surface area contributed by atoms with Crippen LogP contribution in [0.25, 0.3) is 0 Å². The summed E-state index contributed by atoms with van der Waals surface area (Å²) >= 11 is 5.82. The molecule has 2 aromatic carbocycles. The maximum absolute atomic E-state index is 12.2. The first-order valence-electron chi connectivity index (χ1n) is 9.63. The van der Waals surface area contributed by atoms with Crippen molar-refractivity contribution >= 4 is 39.1 Å². The van der Waals surface area contributed by atoms with Crippen LogP contribution in [-0.4, -0.2) is 26.8 Å². The molecule has 9 heteroatoms. The topological polar surface area (TPSA) is 104 Å². The molecule has 162 valence electrons. The van der Waals surface area contributed by atoms with Gasteiger partial charge in [-0.25, -0.2) is 13.1 Å². The fourth-order valence-electron chi connectivity index (χ4n) is 2.52. The van der Waals surface area contributed by atoms with Crippen LogP contribution in [0, 0.1) is 5.92 Å². The minimum Gasteiger partial charge on any atom is -0.352 e. The molecule has 2 amide bonds. The highest BCUT2D eigenvalue weighted by Gasteiger charge is 2.14. The van der Waals surface area contributed by atoms with Crippen molar-refractivity contribution in [2.75, 3.05) is 11.9 Å². The summed E-state index contributed by atoms with van der Waals surface area (Å²) in [6.07, 6.45) is 0.743. The lowest BCUT2D eigenvalue weighted by Crippen LogP contribution is -2.30. The number of halogens is 1. The molecule has 0 aliphatic carbocycles. The molecule has 0 aliphatic heterocycles. The average Bonchev–Trinajstić information content (AvgIpc) is 2.71. The Labute approximate surface area is 182 Å². The Morgan fingerprint density at radius 1 is 1.10 bits per heavy atom. The summed E-state index contributed by atoms with van der Waals surface area (Å²) in [6, 6.07) is 13.1. The second-order valence-corrected chi connectivity index (χ2v) is 9.08. The van der Waals surface area contributed by atoms with E-state index in [0.717, 1.165) is 12.0 Å². The number of benzene rings is 2. The van der Waals surface area contributed by atoms with Crippen molar-refractivity contribution in [2.45, 2.75) is 38.1 Å².